The number of nitrogen functional groups attached to an aromatic ring is 1. The van der Waals surface area contributed by atoms with Crippen LogP contribution in [0.2, 0.25) is 0 Å². The van der Waals surface area contributed by atoms with Crippen LogP contribution in [0.5, 0.6) is 0 Å². The highest BCUT2D eigenvalue weighted by Gasteiger charge is 2.10. The summed E-state index contributed by atoms with van der Waals surface area (Å²) in [6.45, 7) is 4.26. The van der Waals surface area contributed by atoms with Gasteiger partial charge >= 0.3 is 0 Å². The van der Waals surface area contributed by atoms with Crippen LogP contribution in [0.25, 0.3) is 0 Å². The van der Waals surface area contributed by atoms with Crippen LogP contribution < -0.4 is 5.73 Å². The smallest absolute Gasteiger partial charge is 0.151 e. The maximum Gasteiger partial charge on any atom is 0.151 e. The minimum Gasteiger partial charge on any atom is -0.399 e. The number of para-hydroxylation sites is 1. The topological polar surface area (TPSA) is 56.7 Å². The van der Waals surface area contributed by atoms with Crippen molar-refractivity contribution < 1.29 is 0 Å². The minimum absolute atomic E-state index is 0.401. The molecule has 18 heavy (non-hydrogen) atoms. The standard InChI is InChI=1S/C14H20N4/c1-10(2)14-16-13(17-18(14)3)9-8-11-6-4-5-7-12(11)15/h4-7,10H,8-9,15H2,1-3H3. The SMILES string of the molecule is CC(C)c1nc(CCc2ccccc2N)nn1C. The highest BCUT2D eigenvalue weighted by Crippen LogP contribution is 2.15. The maximum atomic E-state index is 5.92. The molecule has 1 aromatic heterocycles. The summed E-state index contributed by atoms with van der Waals surface area (Å²) in [6.07, 6.45) is 1.71. The van der Waals surface area contributed by atoms with E-state index >= 15 is 0 Å². The lowest BCUT2D eigenvalue weighted by atomic mass is 10.1. The average molecular weight is 244 g/mol. The van der Waals surface area contributed by atoms with Crippen molar-refractivity contribution in [2.45, 2.75) is 32.6 Å². The van der Waals surface area contributed by atoms with Gasteiger partial charge in [-0.05, 0) is 18.1 Å². The van der Waals surface area contributed by atoms with E-state index in [1.165, 1.54) is 0 Å². The molecular formula is C14H20N4. The van der Waals surface area contributed by atoms with Gasteiger partial charge in [0, 0.05) is 25.1 Å². The summed E-state index contributed by atoms with van der Waals surface area (Å²) in [4.78, 5) is 4.57. The van der Waals surface area contributed by atoms with Crippen molar-refractivity contribution >= 4 is 5.69 Å². The third kappa shape index (κ3) is 2.70. The molecule has 0 saturated heterocycles. The van der Waals surface area contributed by atoms with E-state index in [1.807, 2.05) is 29.9 Å². The molecule has 0 atom stereocenters. The van der Waals surface area contributed by atoms with Gasteiger partial charge in [-0.2, -0.15) is 5.10 Å². The van der Waals surface area contributed by atoms with Gasteiger partial charge in [0.2, 0.25) is 0 Å². The van der Waals surface area contributed by atoms with Crippen LogP contribution in [0, 0.1) is 0 Å². The van der Waals surface area contributed by atoms with E-state index in [-0.39, 0.29) is 0 Å². The first-order valence-electron chi connectivity index (χ1n) is 6.31. The van der Waals surface area contributed by atoms with E-state index in [9.17, 15) is 0 Å². The third-order valence-corrected chi connectivity index (χ3v) is 3.03. The maximum absolute atomic E-state index is 5.92. The summed E-state index contributed by atoms with van der Waals surface area (Å²) in [5.41, 5.74) is 7.93. The molecule has 2 rings (SSSR count). The summed E-state index contributed by atoms with van der Waals surface area (Å²) in [6, 6.07) is 7.95. The molecule has 0 aliphatic rings. The van der Waals surface area contributed by atoms with Gasteiger partial charge in [-0.1, -0.05) is 32.0 Å². The number of hydrogen-bond donors (Lipinski definition) is 1. The van der Waals surface area contributed by atoms with Crippen molar-refractivity contribution in [1.82, 2.24) is 14.8 Å². The van der Waals surface area contributed by atoms with Gasteiger partial charge in [0.05, 0.1) is 0 Å². The molecule has 2 aromatic rings. The minimum atomic E-state index is 0.401. The molecule has 0 radical (unpaired) electrons. The van der Waals surface area contributed by atoms with Crippen molar-refractivity contribution in [1.29, 1.82) is 0 Å². The molecule has 0 aliphatic heterocycles. The molecule has 0 saturated carbocycles. The summed E-state index contributed by atoms with van der Waals surface area (Å²) in [7, 11) is 1.95. The van der Waals surface area contributed by atoms with Crippen molar-refractivity contribution in [3.63, 3.8) is 0 Å². The quantitative estimate of drug-likeness (QED) is 0.840. The number of anilines is 1. The molecule has 0 bridgehead atoms. The molecule has 4 heteroatoms. The number of aromatic nitrogens is 3. The molecule has 1 heterocycles. The molecule has 0 aliphatic carbocycles. The number of rotatable bonds is 4. The summed E-state index contributed by atoms with van der Waals surface area (Å²) in [5.74, 6) is 2.33. The van der Waals surface area contributed by atoms with Gasteiger partial charge < -0.3 is 5.73 Å². The summed E-state index contributed by atoms with van der Waals surface area (Å²) in [5, 5.41) is 4.44. The fourth-order valence-electron chi connectivity index (χ4n) is 2.07. The second-order valence-electron chi connectivity index (χ2n) is 4.86. The summed E-state index contributed by atoms with van der Waals surface area (Å²) < 4.78 is 1.87. The molecule has 1 aromatic carbocycles. The molecule has 0 amide bonds. The number of nitrogens with two attached hydrogens (primary N) is 1. The van der Waals surface area contributed by atoms with Crippen LogP contribution in [0.4, 0.5) is 5.69 Å². The Kier molecular flexibility index (Phi) is 3.65. The Bertz CT molecular complexity index is 528. The molecule has 96 valence electrons. The second kappa shape index (κ2) is 5.21. The molecule has 2 N–H and O–H groups in total. The fourth-order valence-corrected chi connectivity index (χ4v) is 2.07. The summed E-state index contributed by atoms with van der Waals surface area (Å²) >= 11 is 0. The van der Waals surface area contributed by atoms with E-state index in [1.54, 1.807) is 0 Å². The van der Waals surface area contributed by atoms with Crippen LogP contribution in [-0.4, -0.2) is 14.8 Å². The monoisotopic (exact) mass is 244 g/mol. The fraction of sp³-hybridized carbons (Fsp3) is 0.429. The molecule has 0 spiro atoms. The number of nitrogens with zero attached hydrogens (tertiary/aromatic N) is 3. The Hall–Kier alpha value is -1.84. The predicted molar refractivity (Wildman–Crippen MR) is 73.4 cm³/mol. The van der Waals surface area contributed by atoms with E-state index < -0.39 is 0 Å². The normalized spacial score (nSPS) is 11.1. The van der Waals surface area contributed by atoms with Crippen LogP contribution in [0.1, 0.15) is 37.0 Å². The number of benzene rings is 1. The van der Waals surface area contributed by atoms with Gasteiger partial charge in [0.1, 0.15) is 5.82 Å². The Balaban J connectivity index is 2.07. The van der Waals surface area contributed by atoms with E-state index in [0.717, 1.165) is 35.7 Å². The predicted octanol–water partition coefficient (Wildman–Crippen LogP) is 2.31. The van der Waals surface area contributed by atoms with Crippen LogP contribution >= 0.6 is 0 Å². The molecular weight excluding hydrogens is 224 g/mol. The first kappa shape index (κ1) is 12.6. The van der Waals surface area contributed by atoms with Crippen LogP contribution in [-0.2, 0) is 19.9 Å². The Morgan fingerprint density at radius 1 is 1.22 bits per heavy atom. The van der Waals surface area contributed by atoms with Crippen LogP contribution in [0.3, 0.4) is 0 Å². The Morgan fingerprint density at radius 3 is 2.56 bits per heavy atom. The van der Waals surface area contributed by atoms with E-state index in [4.69, 9.17) is 5.73 Å². The second-order valence-corrected chi connectivity index (χ2v) is 4.86. The third-order valence-electron chi connectivity index (χ3n) is 3.03. The van der Waals surface area contributed by atoms with E-state index in [2.05, 4.69) is 30.0 Å². The highest BCUT2D eigenvalue weighted by atomic mass is 15.3. The lowest BCUT2D eigenvalue weighted by Crippen LogP contribution is -2.00. The van der Waals surface area contributed by atoms with E-state index in [0.29, 0.717) is 5.92 Å². The largest absolute Gasteiger partial charge is 0.399 e. The van der Waals surface area contributed by atoms with Crippen molar-refractivity contribution in [3.05, 3.63) is 41.5 Å². The highest BCUT2D eigenvalue weighted by molar-refractivity contribution is 5.46. The Morgan fingerprint density at radius 2 is 1.94 bits per heavy atom. The number of hydrogen-bond acceptors (Lipinski definition) is 3. The van der Waals surface area contributed by atoms with Crippen LogP contribution in [0.15, 0.2) is 24.3 Å². The number of aryl methyl sites for hydroxylation is 3. The zero-order valence-electron chi connectivity index (χ0n) is 11.2. The lowest BCUT2D eigenvalue weighted by Gasteiger charge is -2.02. The van der Waals surface area contributed by atoms with Gasteiger partial charge in [-0.25, -0.2) is 4.98 Å². The van der Waals surface area contributed by atoms with Crippen molar-refractivity contribution in [2.24, 2.45) is 7.05 Å². The van der Waals surface area contributed by atoms with Crippen molar-refractivity contribution in [3.8, 4) is 0 Å². The van der Waals surface area contributed by atoms with Gasteiger partial charge in [0.25, 0.3) is 0 Å². The molecule has 4 nitrogen and oxygen atoms in total. The van der Waals surface area contributed by atoms with Gasteiger partial charge in [-0.15, -0.1) is 0 Å². The van der Waals surface area contributed by atoms with Gasteiger partial charge in [0.15, 0.2) is 5.82 Å². The first-order valence-corrected chi connectivity index (χ1v) is 6.31. The zero-order valence-corrected chi connectivity index (χ0v) is 11.2. The Labute approximate surface area is 108 Å². The lowest BCUT2D eigenvalue weighted by molar-refractivity contribution is 0.651. The van der Waals surface area contributed by atoms with Crippen molar-refractivity contribution in [2.75, 3.05) is 5.73 Å². The molecule has 0 fully saturated rings. The first-order chi connectivity index (χ1) is 8.58. The molecule has 0 unspecified atom stereocenters. The van der Waals surface area contributed by atoms with Gasteiger partial charge in [-0.3, -0.25) is 4.68 Å². The zero-order chi connectivity index (χ0) is 13.1. The average Bonchev–Trinajstić information content (AvgIpc) is 2.70.